The molecule has 6 N–H and O–H groups in total. The third kappa shape index (κ3) is 17.9. The number of ether oxygens (including phenoxy) is 2. The number of carbonyl (C=O) groups excluding carboxylic acids is 3. The van der Waals surface area contributed by atoms with Gasteiger partial charge in [-0.1, -0.05) is 13.8 Å². The van der Waals surface area contributed by atoms with Gasteiger partial charge in [-0.25, -0.2) is 0 Å². The minimum absolute atomic E-state index is 0.0458. The average molecular weight is 478 g/mol. The summed E-state index contributed by atoms with van der Waals surface area (Å²) < 4.78 is 10.5. The maximum atomic E-state index is 11.9. The van der Waals surface area contributed by atoms with Crippen LogP contribution in [0.25, 0.3) is 0 Å². The minimum atomic E-state index is -1.70. The molecule has 33 heavy (non-hydrogen) atoms. The number of carbonyl (C=O) groups is 4. The summed E-state index contributed by atoms with van der Waals surface area (Å²) in [6.07, 6.45) is 0.691. The van der Waals surface area contributed by atoms with Gasteiger partial charge in [-0.05, 0) is 25.7 Å². The van der Waals surface area contributed by atoms with E-state index in [1.807, 2.05) is 0 Å². The highest BCUT2D eigenvalue weighted by Gasteiger charge is 2.18. The third-order valence-corrected chi connectivity index (χ3v) is 4.69. The number of hydrogen-bond donors (Lipinski definition) is 6. The van der Waals surface area contributed by atoms with Crippen molar-refractivity contribution in [2.45, 2.75) is 64.7 Å². The molecule has 0 aliphatic carbocycles. The van der Waals surface area contributed by atoms with E-state index in [4.69, 9.17) is 14.6 Å². The Kier molecular flexibility index (Phi) is 17.9. The van der Waals surface area contributed by atoms with Gasteiger partial charge in [0.05, 0.1) is 31.8 Å². The fraction of sp³-hybridized carbons (Fsp3) is 0.810. The van der Waals surface area contributed by atoms with E-state index in [1.54, 1.807) is 13.8 Å². The maximum absolute atomic E-state index is 11.9. The van der Waals surface area contributed by atoms with Crippen LogP contribution in [-0.2, 0) is 28.7 Å². The lowest BCUT2D eigenvalue weighted by atomic mass is 10.1. The van der Waals surface area contributed by atoms with Gasteiger partial charge in [0.15, 0.2) is 6.29 Å². The third-order valence-electron chi connectivity index (χ3n) is 4.69. The molecule has 0 bridgehead atoms. The van der Waals surface area contributed by atoms with Crippen molar-refractivity contribution in [2.24, 2.45) is 5.92 Å². The van der Waals surface area contributed by atoms with Crippen LogP contribution in [0.2, 0.25) is 0 Å². The molecule has 0 fully saturated rings. The molecule has 12 heteroatoms. The standard InChI is InChI=1S/C21H39N3O9/c1-3-17(25)22-9-5-4-6-16(21(30)31)24-19(27)14-33-13-12-32-11-10-23-18(26)8-7-15(2)20(28)29/h15-16,21,30-31H,3-14H2,1-2H3,(H,22,25)(H,23,26)(H,24,27)(H,28,29). The zero-order chi connectivity index (χ0) is 25.1. The number of aliphatic carboxylic acids is 1. The van der Waals surface area contributed by atoms with Crippen molar-refractivity contribution < 1.29 is 44.0 Å². The van der Waals surface area contributed by atoms with Crippen molar-refractivity contribution >= 4 is 23.7 Å². The topological polar surface area (TPSA) is 184 Å². The van der Waals surface area contributed by atoms with Gasteiger partial charge < -0.3 is 40.7 Å². The van der Waals surface area contributed by atoms with Crippen molar-refractivity contribution in [3.63, 3.8) is 0 Å². The molecule has 0 heterocycles. The Morgan fingerprint density at radius 2 is 1.52 bits per heavy atom. The zero-order valence-corrected chi connectivity index (χ0v) is 19.5. The van der Waals surface area contributed by atoms with Gasteiger partial charge in [0.25, 0.3) is 0 Å². The smallest absolute Gasteiger partial charge is 0.306 e. The van der Waals surface area contributed by atoms with Gasteiger partial charge in [-0.2, -0.15) is 0 Å². The Bertz CT molecular complexity index is 587. The molecular weight excluding hydrogens is 438 g/mol. The highest BCUT2D eigenvalue weighted by Crippen LogP contribution is 2.05. The van der Waals surface area contributed by atoms with E-state index < -0.39 is 30.1 Å². The number of aliphatic hydroxyl groups is 2. The molecule has 2 unspecified atom stereocenters. The summed E-state index contributed by atoms with van der Waals surface area (Å²) in [6, 6.07) is -0.832. The van der Waals surface area contributed by atoms with Gasteiger partial charge in [0.2, 0.25) is 17.7 Å². The largest absolute Gasteiger partial charge is 0.481 e. The molecule has 3 amide bonds. The lowest BCUT2D eigenvalue weighted by Gasteiger charge is -2.20. The molecule has 0 aromatic carbocycles. The van der Waals surface area contributed by atoms with E-state index in [2.05, 4.69) is 16.0 Å². The Balaban J connectivity index is 3.76. The van der Waals surface area contributed by atoms with Crippen LogP contribution in [0.15, 0.2) is 0 Å². The molecule has 192 valence electrons. The lowest BCUT2D eigenvalue weighted by molar-refractivity contribution is -0.141. The van der Waals surface area contributed by atoms with Crippen LogP contribution in [-0.4, -0.2) is 90.9 Å². The molecule has 0 saturated heterocycles. The highest BCUT2D eigenvalue weighted by atomic mass is 16.5. The number of carboxylic acid groups (broad SMARTS) is 1. The first-order valence-corrected chi connectivity index (χ1v) is 11.2. The Labute approximate surface area is 194 Å². The fourth-order valence-corrected chi connectivity index (χ4v) is 2.59. The summed E-state index contributed by atoms with van der Waals surface area (Å²) in [5, 5.41) is 35.4. The number of hydrogen-bond acceptors (Lipinski definition) is 8. The van der Waals surface area contributed by atoms with Crippen molar-refractivity contribution in [3.05, 3.63) is 0 Å². The summed E-state index contributed by atoms with van der Waals surface area (Å²) in [5.41, 5.74) is 0. The molecule has 0 aromatic rings. The van der Waals surface area contributed by atoms with Gasteiger partial charge in [0.1, 0.15) is 6.61 Å². The molecule has 2 atom stereocenters. The molecule has 0 aliphatic rings. The Hall–Kier alpha value is -2.28. The van der Waals surface area contributed by atoms with Crippen LogP contribution >= 0.6 is 0 Å². The first kappa shape index (κ1) is 30.7. The van der Waals surface area contributed by atoms with E-state index in [0.717, 1.165) is 0 Å². The summed E-state index contributed by atoms with van der Waals surface area (Å²) >= 11 is 0. The van der Waals surface area contributed by atoms with Gasteiger partial charge in [-0.15, -0.1) is 0 Å². The van der Waals surface area contributed by atoms with Crippen LogP contribution in [0, 0.1) is 5.92 Å². The van der Waals surface area contributed by atoms with E-state index in [1.165, 1.54) is 0 Å². The monoisotopic (exact) mass is 477 g/mol. The summed E-state index contributed by atoms with van der Waals surface area (Å²) in [5.74, 6) is -2.29. The predicted molar refractivity (Wildman–Crippen MR) is 118 cm³/mol. The molecule has 12 nitrogen and oxygen atoms in total. The van der Waals surface area contributed by atoms with E-state index >= 15 is 0 Å². The zero-order valence-electron chi connectivity index (χ0n) is 19.5. The molecule has 0 aliphatic heterocycles. The molecule has 0 spiro atoms. The number of unbranched alkanes of at least 4 members (excludes halogenated alkanes) is 1. The van der Waals surface area contributed by atoms with Crippen LogP contribution in [0.3, 0.4) is 0 Å². The molecule has 0 aromatic heterocycles. The maximum Gasteiger partial charge on any atom is 0.306 e. The van der Waals surface area contributed by atoms with Crippen molar-refractivity contribution in [1.82, 2.24) is 16.0 Å². The summed E-state index contributed by atoms with van der Waals surface area (Å²) in [7, 11) is 0. The number of amides is 3. The number of nitrogens with one attached hydrogen (secondary N) is 3. The van der Waals surface area contributed by atoms with Gasteiger partial charge in [-0.3, -0.25) is 19.2 Å². The predicted octanol–water partition coefficient (Wildman–Crippen LogP) is -0.871. The molecular formula is C21H39N3O9. The normalized spacial score (nSPS) is 12.8. The SMILES string of the molecule is CCC(=O)NCCCCC(NC(=O)COCCOCCNC(=O)CCC(C)C(=O)O)C(O)O. The first-order chi connectivity index (χ1) is 15.7. The van der Waals surface area contributed by atoms with Crippen LogP contribution in [0.1, 0.15) is 52.4 Å². The molecule has 0 rings (SSSR count). The molecule has 0 radical (unpaired) electrons. The van der Waals surface area contributed by atoms with Crippen LogP contribution in [0.5, 0.6) is 0 Å². The fourth-order valence-electron chi connectivity index (χ4n) is 2.59. The van der Waals surface area contributed by atoms with E-state index in [9.17, 15) is 29.4 Å². The second kappa shape index (κ2) is 19.2. The number of rotatable bonds is 20. The van der Waals surface area contributed by atoms with Crippen LogP contribution < -0.4 is 16.0 Å². The van der Waals surface area contributed by atoms with Gasteiger partial charge in [0, 0.05) is 25.9 Å². The second-order valence-corrected chi connectivity index (χ2v) is 7.58. The minimum Gasteiger partial charge on any atom is -0.481 e. The Morgan fingerprint density at radius 3 is 2.15 bits per heavy atom. The molecule has 0 saturated carbocycles. The second-order valence-electron chi connectivity index (χ2n) is 7.58. The first-order valence-electron chi connectivity index (χ1n) is 11.2. The number of aliphatic hydroxyl groups excluding tert-OH is 1. The highest BCUT2D eigenvalue weighted by molar-refractivity contribution is 5.78. The average Bonchev–Trinajstić information content (AvgIpc) is 2.77. The van der Waals surface area contributed by atoms with E-state index in [0.29, 0.717) is 32.2 Å². The van der Waals surface area contributed by atoms with E-state index in [-0.39, 0.29) is 57.6 Å². The summed E-state index contributed by atoms with van der Waals surface area (Å²) in [4.78, 5) is 45.3. The lowest BCUT2D eigenvalue weighted by Crippen LogP contribution is -2.44. The Morgan fingerprint density at radius 1 is 0.848 bits per heavy atom. The van der Waals surface area contributed by atoms with Crippen LogP contribution in [0.4, 0.5) is 0 Å². The summed E-state index contributed by atoms with van der Waals surface area (Å²) in [6.45, 7) is 4.39. The van der Waals surface area contributed by atoms with Gasteiger partial charge >= 0.3 is 5.97 Å². The van der Waals surface area contributed by atoms with Crippen molar-refractivity contribution in [2.75, 3.05) is 39.5 Å². The van der Waals surface area contributed by atoms with Crippen molar-refractivity contribution in [3.8, 4) is 0 Å². The number of carboxylic acids is 1. The van der Waals surface area contributed by atoms with Crippen molar-refractivity contribution in [1.29, 1.82) is 0 Å². The quantitative estimate of drug-likeness (QED) is 0.0958.